The molecule has 1 heterocycles. The molecular formula is C10H6Cl3N. The lowest BCUT2D eigenvalue weighted by atomic mass is 10.1. The lowest BCUT2D eigenvalue weighted by molar-refractivity contribution is 1.39. The number of nitrogens with zero attached hydrogens (tertiary/aromatic N) is 1. The van der Waals surface area contributed by atoms with Crippen molar-refractivity contribution in [2.75, 3.05) is 0 Å². The minimum Gasteiger partial charge on any atom is -0.255 e. The molecule has 0 N–H and O–H groups in total. The zero-order chi connectivity index (χ0) is 10.3. The monoisotopic (exact) mass is 245 g/mol. The summed E-state index contributed by atoms with van der Waals surface area (Å²) in [6, 6.07) is 3.49. The molecule has 0 saturated heterocycles. The van der Waals surface area contributed by atoms with Crippen molar-refractivity contribution in [2.24, 2.45) is 0 Å². The smallest absolute Gasteiger partial charge is 0.0918 e. The third-order valence-corrected chi connectivity index (χ3v) is 3.13. The van der Waals surface area contributed by atoms with Gasteiger partial charge in [-0.05, 0) is 24.6 Å². The number of hydrogen-bond donors (Lipinski definition) is 0. The Balaban J connectivity index is 3.03. The van der Waals surface area contributed by atoms with E-state index in [9.17, 15) is 0 Å². The van der Waals surface area contributed by atoms with Crippen LogP contribution in [0, 0.1) is 6.92 Å². The number of rotatable bonds is 0. The summed E-state index contributed by atoms with van der Waals surface area (Å²) in [6.45, 7) is 1.89. The molecule has 0 aliphatic rings. The fourth-order valence-electron chi connectivity index (χ4n) is 1.35. The highest BCUT2D eigenvalue weighted by Crippen LogP contribution is 2.35. The van der Waals surface area contributed by atoms with E-state index in [0.29, 0.717) is 20.6 Å². The topological polar surface area (TPSA) is 12.9 Å². The second-order valence-corrected chi connectivity index (χ2v) is 4.20. The van der Waals surface area contributed by atoms with E-state index in [-0.39, 0.29) is 0 Å². The second kappa shape index (κ2) is 3.58. The molecule has 0 bridgehead atoms. The summed E-state index contributed by atoms with van der Waals surface area (Å²) in [5, 5.41) is 2.48. The van der Waals surface area contributed by atoms with Crippen molar-refractivity contribution in [1.82, 2.24) is 4.98 Å². The first kappa shape index (κ1) is 10.0. The van der Waals surface area contributed by atoms with Gasteiger partial charge in [-0.15, -0.1) is 0 Å². The van der Waals surface area contributed by atoms with Crippen LogP contribution >= 0.6 is 34.8 Å². The van der Waals surface area contributed by atoms with Gasteiger partial charge in [-0.1, -0.05) is 34.8 Å². The molecule has 4 heteroatoms. The first-order valence-corrected chi connectivity index (χ1v) is 5.13. The highest BCUT2D eigenvalue weighted by atomic mass is 35.5. The van der Waals surface area contributed by atoms with Gasteiger partial charge in [0.05, 0.1) is 20.6 Å². The quantitative estimate of drug-likeness (QED) is 0.667. The van der Waals surface area contributed by atoms with E-state index in [1.165, 1.54) is 0 Å². The van der Waals surface area contributed by atoms with E-state index in [0.717, 1.165) is 10.9 Å². The standard InChI is InChI=1S/C10H6Cl3N/c1-5-4-7(12)10-8(9(5)13)6(11)2-3-14-10/h2-4H,1H3. The van der Waals surface area contributed by atoms with Gasteiger partial charge in [-0.3, -0.25) is 4.98 Å². The van der Waals surface area contributed by atoms with Crippen LogP contribution in [0.2, 0.25) is 15.1 Å². The summed E-state index contributed by atoms with van der Waals surface area (Å²) in [5.74, 6) is 0. The average molecular weight is 247 g/mol. The summed E-state index contributed by atoms with van der Waals surface area (Å²) >= 11 is 18.2. The van der Waals surface area contributed by atoms with Crippen LogP contribution in [-0.2, 0) is 0 Å². The maximum atomic E-state index is 6.12. The molecule has 0 unspecified atom stereocenters. The molecule has 1 aromatic carbocycles. The van der Waals surface area contributed by atoms with Crippen LogP contribution in [-0.4, -0.2) is 4.98 Å². The normalized spacial score (nSPS) is 10.9. The predicted octanol–water partition coefficient (Wildman–Crippen LogP) is 4.50. The molecule has 1 aromatic heterocycles. The fraction of sp³-hybridized carbons (Fsp3) is 0.100. The molecule has 0 aliphatic carbocycles. The van der Waals surface area contributed by atoms with E-state index in [2.05, 4.69) is 4.98 Å². The number of aromatic nitrogens is 1. The first-order valence-electron chi connectivity index (χ1n) is 4.00. The van der Waals surface area contributed by atoms with Crippen LogP contribution in [0.25, 0.3) is 10.9 Å². The zero-order valence-electron chi connectivity index (χ0n) is 7.31. The molecule has 0 saturated carbocycles. The summed E-state index contributed by atoms with van der Waals surface area (Å²) in [6.07, 6.45) is 1.61. The van der Waals surface area contributed by atoms with Gasteiger partial charge in [0.25, 0.3) is 0 Å². The minimum atomic E-state index is 0.574. The van der Waals surface area contributed by atoms with Crippen LogP contribution in [0.15, 0.2) is 18.3 Å². The molecular weight excluding hydrogens is 240 g/mol. The van der Waals surface area contributed by atoms with Gasteiger partial charge in [0, 0.05) is 11.6 Å². The Morgan fingerprint density at radius 1 is 1.14 bits per heavy atom. The van der Waals surface area contributed by atoms with Crippen molar-refractivity contribution in [2.45, 2.75) is 6.92 Å². The predicted molar refractivity (Wildman–Crippen MR) is 61.5 cm³/mol. The lowest BCUT2D eigenvalue weighted by Crippen LogP contribution is -1.85. The molecule has 72 valence electrons. The maximum Gasteiger partial charge on any atom is 0.0918 e. The Labute approximate surface area is 96.6 Å². The molecule has 0 aliphatic heterocycles. The van der Waals surface area contributed by atoms with Crippen molar-refractivity contribution in [1.29, 1.82) is 0 Å². The van der Waals surface area contributed by atoms with Crippen LogP contribution in [0.1, 0.15) is 5.56 Å². The van der Waals surface area contributed by atoms with Crippen LogP contribution in [0.5, 0.6) is 0 Å². The largest absolute Gasteiger partial charge is 0.255 e. The van der Waals surface area contributed by atoms with Gasteiger partial charge >= 0.3 is 0 Å². The Morgan fingerprint density at radius 3 is 2.57 bits per heavy atom. The van der Waals surface area contributed by atoms with E-state index in [4.69, 9.17) is 34.8 Å². The molecule has 0 radical (unpaired) electrons. The Morgan fingerprint density at radius 2 is 1.86 bits per heavy atom. The van der Waals surface area contributed by atoms with Gasteiger partial charge < -0.3 is 0 Å². The van der Waals surface area contributed by atoms with Gasteiger partial charge in [0.1, 0.15) is 0 Å². The van der Waals surface area contributed by atoms with E-state index < -0.39 is 0 Å². The number of halogens is 3. The third-order valence-electron chi connectivity index (χ3n) is 2.04. The van der Waals surface area contributed by atoms with Crippen molar-refractivity contribution >= 4 is 45.7 Å². The number of hydrogen-bond acceptors (Lipinski definition) is 1. The highest BCUT2D eigenvalue weighted by Gasteiger charge is 2.10. The fourth-order valence-corrected chi connectivity index (χ4v) is 2.19. The van der Waals surface area contributed by atoms with Gasteiger partial charge in [0.2, 0.25) is 0 Å². The minimum absolute atomic E-state index is 0.574. The Kier molecular flexibility index (Phi) is 2.56. The summed E-state index contributed by atoms with van der Waals surface area (Å²) in [7, 11) is 0. The SMILES string of the molecule is Cc1cc(Cl)c2nccc(Cl)c2c1Cl. The van der Waals surface area contributed by atoms with Gasteiger partial charge in [-0.2, -0.15) is 0 Å². The highest BCUT2D eigenvalue weighted by molar-refractivity contribution is 6.45. The Bertz CT molecular complexity index is 508. The summed E-state index contributed by atoms with van der Waals surface area (Å²) < 4.78 is 0. The average Bonchev–Trinajstić information content (AvgIpc) is 2.14. The molecule has 0 spiro atoms. The number of aryl methyl sites for hydroxylation is 1. The first-order chi connectivity index (χ1) is 6.61. The molecule has 0 atom stereocenters. The molecule has 2 aromatic rings. The summed E-state index contributed by atoms with van der Waals surface area (Å²) in [5.41, 5.74) is 1.55. The van der Waals surface area contributed by atoms with E-state index in [1.807, 2.05) is 6.92 Å². The Hall–Kier alpha value is -0.500. The second-order valence-electron chi connectivity index (χ2n) is 3.01. The van der Waals surface area contributed by atoms with Crippen molar-refractivity contribution < 1.29 is 0 Å². The van der Waals surface area contributed by atoms with E-state index in [1.54, 1.807) is 18.3 Å². The van der Waals surface area contributed by atoms with Crippen LogP contribution in [0.4, 0.5) is 0 Å². The van der Waals surface area contributed by atoms with Crippen molar-refractivity contribution in [3.63, 3.8) is 0 Å². The molecule has 0 fully saturated rings. The number of fused-ring (bicyclic) bond motifs is 1. The van der Waals surface area contributed by atoms with E-state index >= 15 is 0 Å². The number of pyridine rings is 1. The molecule has 0 amide bonds. The molecule has 2 rings (SSSR count). The van der Waals surface area contributed by atoms with Crippen molar-refractivity contribution in [3.8, 4) is 0 Å². The third kappa shape index (κ3) is 1.46. The van der Waals surface area contributed by atoms with Gasteiger partial charge in [0.15, 0.2) is 0 Å². The number of benzene rings is 1. The van der Waals surface area contributed by atoms with Crippen LogP contribution in [0.3, 0.4) is 0 Å². The summed E-state index contributed by atoms with van der Waals surface area (Å²) in [4.78, 5) is 4.14. The van der Waals surface area contributed by atoms with Gasteiger partial charge in [-0.25, -0.2) is 0 Å². The zero-order valence-corrected chi connectivity index (χ0v) is 9.58. The molecule has 14 heavy (non-hydrogen) atoms. The maximum absolute atomic E-state index is 6.12. The molecule has 1 nitrogen and oxygen atoms in total. The van der Waals surface area contributed by atoms with Crippen molar-refractivity contribution in [3.05, 3.63) is 39.0 Å². The lowest BCUT2D eigenvalue weighted by Gasteiger charge is -2.06. The van der Waals surface area contributed by atoms with Crippen LogP contribution < -0.4 is 0 Å².